The first-order valence-corrected chi connectivity index (χ1v) is 16.5. The van der Waals surface area contributed by atoms with Gasteiger partial charge in [0.15, 0.2) is 5.96 Å². The number of aliphatic imine (C=N–C) groups is 1. The van der Waals surface area contributed by atoms with Crippen molar-refractivity contribution < 1.29 is 36.3 Å². The van der Waals surface area contributed by atoms with Crippen LogP contribution in [0.15, 0.2) is 65.0 Å². The van der Waals surface area contributed by atoms with E-state index in [1.54, 1.807) is 30.3 Å². The van der Waals surface area contributed by atoms with Gasteiger partial charge in [0, 0.05) is 30.8 Å². The number of nitrogens with zero attached hydrogens (tertiary/aromatic N) is 5. The first kappa shape index (κ1) is 38.2. The minimum atomic E-state index is -2.81. The highest BCUT2D eigenvalue weighted by molar-refractivity contribution is 6.33. The highest BCUT2D eigenvalue weighted by Crippen LogP contribution is 2.43. The summed E-state index contributed by atoms with van der Waals surface area (Å²) in [5, 5.41) is 22.3. The average Bonchev–Trinajstić information content (AvgIpc) is 3.44. The monoisotopic (exact) mass is 749 g/mol. The van der Waals surface area contributed by atoms with Gasteiger partial charge in [0.25, 0.3) is 5.91 Å². The van der Waals surface area contributed by atoms with Crippen LogP contribution < -0.4 is 16.1 Å². The van der Waals surface area contributed by atoms with E-state index in [0.29, 0.717) is 26.9 Å². The topological polar surface area (TPSA) is 149 Å². The van der Waals surface area contributed by atoms with Gasteiger partial charge >= 0.3 is 12.6 Å². The van der Waals surface area contributed by atoms with Crippen LogP contribution in [0.5, 0.6) is 0 Å². The number of nitrogens with one attached hydrogen (secondary N) is 4. The molecular weight excluding hydrogens is 713 g/mol. The molecule has 278 valence electrons. The van der Waals surface area contributed by atoms with Crippen molar-refractivity contribution in [3.8, 4) is 11.1 Å². The predicted molar refractivity (Wildman–Crippen MR) is 186 cm³/mol. The molecule has 1 saturated heterocycles. The van der Waals surface area contributed by atoms with Crippen molar-refractivity contribution in [1.82, 2.24) is 25.3 Å². The molecule has 18 heteroatoms. The van der Waals surface area contributed by atoms with Crippen LogP contribution in [-0.4, -0.2) is 70.4 Å². The summed E-state index contributed by atoms with van der Waals surface area (Å²) in [5.41, 5.74) is 2.81. The van der Waals surface area contributed by atoms with Gasteiger partial charge in [-0.05, 0) is 40.7 Å². The minimum absolute atomic E-state index is 0.152. The van der Waals surface area contributed by atoms with E-state index in [2.05, 4.69) is 31.3 Å². The molecule has 5 rings (SSSR count). The van der Waals surface area contributed by atoms with E-state index in [-0.39, 0.29) is 29.5 Å². The lowest BCUT2D eigenvalue weighted by molar-refractivity contribution is -0.134. The van der Waals surface area contributed by atoms with Crippen LogP contribution in [0.1, 0.15) is 63.8 Å². The SMILES string of the molecule is CC(C)(C)C[C@]1(c2ccc(-c3cnn(C(F)F)c3)cc2)NC(=N)N([C@H](COC(=O)N[C@H]2C[C@H]2F)c2ccc(Cl)c(N/N=C\N=C/CC(F)F)c2)C1=O. The molecule has 2 aromatic carbocycles. The van der Waals surface area contributed by atoms with Gasteiger partial charge in [0.05, 0.1) is 29.0 Å². The minimum Gasteiger partial charge on any atom is -0.447 e. The summed E-state index contributed by atoms with van der Waals surface area (Å²) in [5.74, 6) is -0.839. The van der Waals surface area contributed by atoms with Crippen LogP contribution in [0.4, 0.5) is 32.4 Å². The lowest BCUT2D eigenvalue weighted by atomic mass is 9.75. The van der Waals surface area contributed by atoms with Gasteiger partial charge in [-0.15, -0.1) is 0 Å². The predicted octanol–water partition coefficient (Wildman–Crippen LogP) is 7.26. The number of ether oxygens (including phenoxy) is 1. The Kier molecular flexibility index (Phi) is 11.5. The first-order valence-electron chi connectivity index (χ1n) is 16.2. The Morgan fingerprint density at radius 1 is 1.19 bits per heavy atom. The molecule has 52 heavy (non-hydrogen) atoms. The maximum atomic E-state index is 14.8. The Hall–Kier alpha value is -5.06. The summed E-state index contributed by atoms with van der Waals surface area (Å²) in [7, 11) is 0. The smallest absolute Gasteiger partial charge is 0.407 e. The fraction of sp³-hybridized carbons (Fsp3) is 0.412. The third kappa shape index (κ3) is 9.05. The number of carbonyl (C=O) groups is 2. The van der Waals surface area contributed by atoms with Crippen molar-refractivity contribution >= 4 is 47.8 Å². The Labute approximate surface area is 300 Å². The Morgan fingerprint density at radius 2 is 1.90 bits per heavy atom. The number of halogens is 6. The van der Waals surface area contributed by atoms with Crippen LogP contribution in [0.25, 0.3) is 11.1 Å². The third-order valence-corrected chi connectivity index (χ3v) is 8.57. The summed E-state index contributed by atoms with van der Waals surface area (Å²) < 4.78 is 70.6. The van der Waals surface area contributed by atoms with E-state index in [1.165, 1.54) is 29.4 Å². The number of anilines is 1. The van der Waals surface area contributed by atoms with Crippen molar-refractivity contribution in [3.05, 3.63) is 71.0 Å². The van der Waals surface area contributed by atoms with Gasteiger partial charge < -0.3 is 15.4 Å². The number of aromatic nitrogens is 2. The molecule has 3 aromatic rings. The molecule has 2 aliphatic rings. The summed E-state index contributed by atoms with van der Waals surface area (Å²) in [6.45, 7) is 2.53. The standard InChI is InChI=1S/C34H37ClF5N9O3/c1-33(2,3)17-34(22-7-4-19(5-8-22)21-14-44-48(15-21)30(39)40)29(50)49(31(41)46-34)27(16-52-32(51)45-26-13-24(26)36)20-6-9-23(35)25(12-20)47-43-18-42-11-10-28(37)38/h4-9,11-12,14-15,18,24,26-28,30,47H,10,13,16-17H2,1-3H3,(H2,41,46)(H,45,51)/b42-11-,43-18-/t24-,26+,27-,34-/m1/s1. The van der Waals surface area contributed by atoms with Gasteiger partial charge in [-0.3, -0.25) is 20.5 Å². The number of alkyl halides is 5. The fourth-order valence-electron chi connectivity index (χ4n) is 5.81. The van der Waals surface area contributed by atoms with E-state index in [9.17, 15) is 31.5 Å². The molecule has 0 radical (unpaired) electrons. The second kappa shape index (κ2) is 15.7. The lowest BCUT2D eigenvalue weighted by Crippen LogP contribution is -2.47. The largest absolute Gasteiger partial charge is 0.447 e. The van der Waals surface area contributed by atoms with Crippen molar-refractivity contribution in [2.75, 3.05) is 12.0 Å². The number of rotatable bonds is 14. The van der Waals surface area contributed by atoms with Crippen LogP contribution in [0.2, 0.25) is 5.02 Å². The Morgan fingerprint density at radius 3 is 2.52 bits per heavy atom. The summed E-state index contributed by atoms with van der Waals surface area (Å²) in [4.78, 5) is 32.3. The van der Waals surface area contributed by atoms with E-state index < -0.39 is 67.2 Å². The Bertz CT molecular complexity index is 1830. The summed E-state index contributed by atoms with van der Waals surface area (Å²) in [6, 6.07) is 9.49. The van der Waals surface area contributed by atoms with E-state index >= 15 is 0 Å². The third-order valence-electron chi connectivity index (χ3n) is 8.24. The van der Waals surface area contributed by atoms with Crippen molar-refractivity contribution in [1.29, 1.82) is 5.41 Å². The highest BCUT2D eigenvalue weighted by Gasteiger charge is 2.54. The molecule has 4 atom stereocenters. The lowest BCUT2D eigenvalue weighted by Gasteiger charge is -2.35. The van der Waals surface area contributed by atoms with Crippen LogP contribution in [0, 0.1) is 10.8 Å². The first-order chi connectivity index (χ1) is 24.6. The molecule has 2 fully saturated rings. The van der Waals surface area contributed by atoms with Gasteiger partial charge in [-0.1, -0.05) is 62.7 Å². The molecule has 1 aliphatic heterocycles. The molecule has 2 heterocycles. The molecule has 4 N–H and O–H groups in total. The average molecular weight is 750 g/mol. The maximum Gasteiger partial charge on any atom is 0.407 e. The van der Waals surface area contributed by atoms with E-state index in [1.807, 2.05) is 20.8 Å². The number of hydrazone groups is 1. The molecule has 1 saturated carbocycles. The van der Waals surface area contributed by atoms with Gasteiger partial charge in [0.1, 0.15) is 24.7 Å². The normalized spacial score (nSPS) is 21.0. The maximum absolute atomic E-state index is 14.8. The zero-order valence-electron chi connectivity index (χ0n) is 28.3. The van der Waals surface area contributed by atoms with Gasteiger partial charge in [-0.25, -0.2) is 27.6 Å². The molecule has 0 bridgehead atoms. The number of guanidine groups is 1. The summed E-state index contributed by atoms with van der Waals surface area (Å²) in [6.07, 6.45) is -0.330. The number of hydrogen-bond acceptors (Lipinski definition) is 7. The number of alkyl carbamates (subject to hydrolysis) is 1. The fourth-order valence-corrected chi connectivity index (χ4v) is 5.97. The van der Waals surface area contributed by atoms with Crippen molar-refractivity contribution in [2.24, 2.45) is 15.5 Å². The quantitative estimate of drug-likeness (QED) is 0.0591. The van der Waals surface area contributed by atoms with E-state index in [0.717, 1.165) is 12.6 Å². The van der Waals surface area contributed by atoms with Crippen LogP contribution in [0.3, 0.4) is 0 Å². The van der Waals surface area contributed by atoms with E-state index in [4.69, 9.17) is 21.7 Å². The molecule has 2 amide bonds. The second-order valence-electron chi connectivity index (χ2n) is 13.5. The summed E-state index contributed by atoms with van der Waals surface area (Å²) >= 11 is 6.39. The molecule has 1 aromatic heterocycles. The second-order valence-corrected chi connectivity index (χ2v) is 13.9. The van der Waals surface area contributed by atoms with Gasteiger partial charge in [-0.2, -0.15) is 19.0 Å². The van der Waals surface area contributed by atoms with Gasteiger partial charge in [0.2, 0.25) is 6.43 Å². The molecule has 0 unspecified atom stereocenters. The molecule has 12 nitrogen and oxygen atoms in total. The molecule has 0 spiro atoms. The van der Waals surface area contributed by atoms with Crippen LogP contribution >= 0.6 is 11.6 Å². The number of amides is 2. The zero-order valence-corrected chi connectivity index (χ0v) is 29.1. The van der Waals surface area contributed by atoms with Crippen molar-refractivity contribution in [3.63, 3.8) is 0 Å². The van der Waals surface area contributed by atoms with Crippen molar-refractivity contribution in [2.45, 2.75) is 76.8 Å². The molecule has 1 aliphatic carbocycles. The highest BCUT2D eigenvalue weighted by atomic mass is 35.5. The van der Waals surface area contributed by atoms with Crippen LogP contribution in [-0.2, 0) is 15.1 Å². The number of hydrogen-bond donors (Lipinski definition) is 4. The number of carbonyl (C=O) groups excluding carboxylic acids is 2. The number of benzene rings is 2. The Balaban J connectivity index is 1.48. The molecular formula is C34H37ClF5N9O3. The zero-order chi connectivity index (χ0) is 37.8.